The molecule has 0 atom stereocenters. The van der Waals surface area contributed by atoms with E-state index in [-0.39, 0.29) is 5.78 Å². The van der Waals surface area contributed by atoms with Gasteiger partial charge in [-0.2, -0.15) is 0 Å². The number of carbonyl (C=O) groups is 1. The van der Waals surface area contributed by atoms with Crippen molar-refractivity contribution in [3.8, 4) is 0 Å². The second kappa shape index (κ2) is 7.88. The van der Waals surface area contributed by atoms with Crippen LogP contribution in [0.3, 0.4) is 0 Å². The first-order valence-corrected chi connectivity index (χ1v) is 8.56. The Balaban J connectivity index is 1.82. The van der Waals surface area contributed by atoms with Crippen molar-refractivity contribution < 1.29 is 9.78 Å². The molecule has 0 aliphatic heterocycles. The molecule has 1 aromatic heterocycles. The maximum Gasteiger partial charge on any atom is 0.274 e. The van der Waals surface area contributed by atoms with Crippen molar-refractivity contribution >= 4 is 27.5 Å². The SMILES string of the molecule is O=C(CN(Cc1ccccc1)c1cccc[nH+]1)c1ccc(Br)cc1. The van der Waals surface area contributed by atoms with E-state index >= 15 is 0 Å². The highest BCUT2D eigenvalue weighted by Gasteiger charge is 2.20. The Labute approximate surface area is 150 Å². The number of hydrogen-bond acceptors (Lipinski definition) is 2. The summed E-state index contributed by atoms with van der Waals surface area (Å²) in [4.78, 5) is 17.9. The molecule has 0 fully saturated rings. The van der Waals surface area contributed by atoms with Gasteiger partial charge in [0.05, 0.1) is 6.20 Å². The van der Waals surface area contributed by atoms with E-state index in [1.807, 2.05) is 66.9 Å². The molecule has 2 aromatic carbocycles. The highest BCUT2D eigenvalue weighted by Crippen LogP contribution is 2.15. The summed E-state index contributed by atoms with van der Waals surface area (Å²) in [6.07, 6.45) is 1.87. The van der Waals surface area contributed by atoms with Gasteiger partial charge < -0.3 is 0 Å². The largest absolute Gasteiger partial charge is 0.290 e. The van der Waals surface area contributed by atoms with Crippen LogP contribution in [0.4, 0.5) is 5.82 Å². The fourth-order valence-corrected chi connectivity index (χ4v) is 2.78. The van der Waals surface area contributed by atoms with Crippen LogP contribution >= 0.6 is 15.9 Å². The molecule has 0 amide bonds. The smallest absolute Gasteiger partial charge is 0.274 e. The Bertz CT molecular complexity index is 789. The molecule has 1 heterocycles. The summed E-state index contributed by atoms with van der Waals surface area (Å²) in [7, 11) is 0. The zero-order valence-corrected chi connectivity index (χ0v) is 14.7. The highest BCUT2D eigenvalue weighted by atomic mass is 79.9. The molecule has 0 unspecified atom stereocenters. The number of pyridine rings is 1. The summed E-state index contributed by atoms with van der Waals surface area (Å²) < 4.78 is 0.969. The highest BCUT2D eigenvalue weighted by molar-refractivity contribution is 9.10. The predicted molar refractivity (Wildman–Crippen MR) is 99.0 cm³/mol. The van der Waals surface area contributed by atoms with Crippen LogP contribution in [-0.4, -0.2) is 12.3 Å². The van der Waals surface area contributed by atoms with Crippen molar-refractivity contribution in [1.29, 1.82) is 0 Å². The van der Waals surface area contributed by atoms with Gasteiger partial charge in [0.1, 0.15) is 13.1 Å². The predicted octanol–water partition coefficient (Wildman–Crippen LogP) is 4.15. The van der Waals surface area contributed by atoms with Crippen LogP contribution in [0.2, 0.25) is 0 Å². The van der Waals surface area contributed by atoms with E-state index in [4.69, 9.17) is 0 Å². The zero-order valence-electron chi connectivity index (χ0n) is 13.2. The van der Waals surface area contributed by atoms with E-state index in [1.165, 1.54) is 5.56 Å². The number of ketones is 1. The van der Waals surface area contributed by atoms with Crippen LogP contribution in [0, 0.1) is 0 Å². The van der Waals surface area contributed by atoms with Gasteiger partial charge in [-0.05, 0) is 23.8 Å². The lowest BCUT2D eigenvalue weighted by molar-refractivity contribution is -0.364. The minimum Gasteiger partial charge on any atom is -0.290 e. The lowest BCUT2D eigenvalue weighted by Crippen LogP contribution is -2.33. The third-order valence-corrected chi connectivity index (χ3v) is 4.28. The number of carbonyl (C=O) groups excluding carboxylic acids is 1. The maximum atomic E-state index is 12.7. The Hall–Kier alpha value is -2.46. The molecule has 0 radical (unpaired) electrons. The second-order valence-corrected chi connectivity index (χ2v) is 6.44. The Morgan fingerprint density at radius 1 is 0.917 bits per heavy atom. The molecule has 0 saturated heterocycles. The Morgan fingerprint density at radius 3 is 2.29 bits per heavy atom. The number of halogens is 1. The molecule has 3 nitrogen and oxygen atoms in total. The first-order chi connectivity index (χ1) is 11.7. The van der Waals surface area contributed by atoms with E-state index in [1.54, 1.807) is 0 Å². The van der Waals surface area contributed by atoms with Crippen molar-refractivity contribution in [3.63, 3.8) is 0 Å². The monoisotopic (exact) mass is 381 g/mol. The number of nitrogens with one attached hydrogen (secondary N) is 1. The van der Waals surface area contributed by atoms with Crippen LogP contribution in [0.15, 0.2) is 83.5 Å². The number of benzene rings is 2. The topological polar surface area (TPSA) is 34.5 Å². The van der Waals surface area contributed by atoms with E-state index in [9.17, 15) is 4.79 Å². The fourth-order valence-electron chi connectivity index (χ4n) is 2.51. The molecule has 0 aliphatic rings. The van der Waals surface area contributed by atoms with Gasteiger partial charge in [0.25, 0.3) is 5.82 Å². The van der Waals surface area contributed by atoms with Gasteiger partial charge in [-0.25, -0.2) is 9.88 Å². The van der Waals surface area contributed by atoms with E-state index in [0.29, 0.717) is 18.7 Å². The van der Waals surface area contributed by atoms with Gasteiger partial charge in [0.15, 0.2) is 0 Å². The van der Waals surface area contributed by atoms with Crippen molar-refractivity contribution in [2.24, 2.45) is 0 Å². The third-order valence-electron chi connectivity index (χ3n) is 3.75. The molecular weight excluding hydrogens is 364 g/mol. The number of nitrogens with zero attached hydrogens (tertiary/aromatic N) is 1. The number of H-pyrrole nitrogens is 1. The fraction of sp³-hybridized carbons (Fsp3) is 0.100. The molecule has 0 aliphatic carbocycles. The number of anilines is 1. The number of Topliss-reactive ketones (excluding diaryl/α,β-unsaturated/α-hetero) is 1. The molecule has 0 spiro atoms. The average molecular weight is 382 g/mol. The minimum atomic E-state index is 0.0932. The normalized spacial score (nSPS) is 10.4. The van der Waals surface area contributed by atoms with Gasteiger partial charge in [0.2, 0.25) is 5.78 Å². The molecule has 3 rings (SSSR count). The molecule has 24 heavy (non-hydrogen) atoms. The van der Waals surface area contributed by atoms with Gasteiger partial charge >= 0.3 is 0 Å². The molecule has 0 saturated carbocycles. The van der Waals surface area contributed by atoms with E-state index in [2.05, 4.69) is 37.9 Å². The standard InChI is InChI=1S/C20H17BrN2O/c21-18-11-9-17(10-12-18)19(24)15-23(20-8-4-5-13-22-20)14-16-6-2-1-3-7-16/h1-13H,14-15H2/p+1. The van der Waals surface area contributed by atoms with Crippen LogP contribution in [0.1, 0.15) is 15.9 Å². The van der Waals surface area contributed by atoms with Crippen molar-refractivity contribution in [3.05, 3.63) is 94.6 Å². The first kappa shape index (κ1) is 16.4. The first-order valence-electron chi connectivity index (χ1n) is 7.77. The second-order valence-electron chi connectivity index (χ2n) is 5.52. The zero-order chi connectivity index (χ0) is 16.8. The van der Waals surface area contributed by atoms with Crippen LogP contribution in [0.5, 0.6) is 0 Å². The summed E-state index contributed by atoms with van der Waals surface area (Å²) in [6.45, 7) is 0.987. The van der Waals surface area contributed by atoms with Gasteiger partial charge in [-0.3, -0.25) is 4.79 Å². The Morgan fingerprint density at radius 2 is 1.62 bits per heavy atom. The quantitative estimate of drug-likeness (QED) is 0.601. The summed E-state index contributed by atoms with van der Waals surface area (Å²) in [6, 6.07) is 23.5. The molecule has 1 N–H and O–H groups in total. The molecule has 3 aromatic rings. The van der Waals surface area contributed by atoms with Crippen LogP contribution < -0.4 is 9.88 Å². The van der Waals surface area contributed by atoms with Crippen LogP contribution in [-0.2, 0) is 6.54 Å². The lowest BCUT2D eigenvalue weighted by Gasteiger charge is -2.16. The van der Waals surface area contributed by atoms with Gasteiger partial charge in [-0.1, -0.05) is 64.5 Å². The summed E-state index contributed by atoms with van der Waals surface area (Å²) in [5.41, 5.74) is 1.88. The number of aromatic nitrogens is 1. The van der Waals surface area contributed by atoms with Crippen LogP contribution in [0.25, 0.3) is 0 Å². The molecule has 120 valence electrons. The lowest BCUT2D eigenvalue weighted by atomic mass is 10.1. The summed E-state index contributed by atoms with van der Waals surface area (Å²) >= 11 is 3.40. The number of hydrogen-bond donors (Lipinski definition) is 0. The van der Waals surface area contributed by atoms with E-state index in [0.717, 1.165) is 10.3 Å². The third kappa shape index (κ3) is 4.30. The van der Waals surface area contributed by atoms with Crippen molar-refractivity contribution in [2.45, 2.75) is 6.54 Å². The van der Waals surface area contributed by atoms with Gasteiger partial charge in [-0.15, -0.1) is 0 Å². The molecule has 0 bridgehead atoms. The minimum absolute atomic E-state index is 0.0932. The molecule has 4 heteroatoms. The Kier molecular flexibility index (Phi) is 5.39. The van der Waals surface area contributed by atoms with Crippen molar-refractivity contribution in [2.75, 3.05) is 11.4 Å². The molecular formula is C20H18BrN2O+. The maximum absolute atomic E-state index is 12.7. The summed E-state index contributed by atoms with van der Waals surface area (Å²) in [5, 5.41) is 0. The number of aromatic amines is 1. The van der Waals surface area contributed by atoms with E-state index < -0.39 is 0 Å². The summed E-state index contributed by atoms with van der Waals surface area (Å²) in [5.74, 6) is 1.02. The average Bonchev–Trinajstić information content (AvgIpc) is 2.63. The van der Waals surface area contributed by atoms with Gasteiger partial charge in [0, 0.05) is 16.1 Å². The van der Waals surface area contributed by atoms with Crippen molar-refractivity contribution in [1.82, 2.24) is 0 Å². The number of rotatable bonds is 6.